The SMILES string of the molecule is Cc1cc(C(=O)N2CCCN(C(=O)Cc3cccc(F)c3)CC2)ccc1F. The Morgan fingerprint density at radius 1 is 0.963 bits per heavy atom. The average Bonchev–Trinajstić information content (AvgIpc) is 2.90. The van der Waals surface area contributed by atoms with E-state index in [2.05, 4.69) is 0 Å². The molecule has 0 aliphatic carbocycles. The number of halogens is 2. The fourth-order valence-corrected chi connectivity index (χ4v) is 3.26. The largest absolute Gasteiger partial charge is 0.341 e. The summed E-state index contributed by atoms with van der Waals surface area (Å²) in [6.45, 7) is 3.57. The monoisotopic (exact) mass is 372 g/mol. The quantitative estimate of drug-likeness (QED) is 0.830. The highest BCUT2D eigenvalue weighted by Crippen LogP contribution is 2.14. The number of rotatable bonds is 3. The van der Waals surface area contributed by atoms with E-state index in [4.69, 9.17) is 0 Å². The lowest BCUT2D eigenvalue weighted by Crippen LogP contribution is -2.38. The number of hydrogen-bond acceptors (Lipinski definition) is 2. The van der Waals surface area contributed by atoms with Crippen LogP contribution < -0.4 is 0 Å². The Labute approximate surface area is 157 Å². The number of carbonyl (C=O) groups excluding carboxylic acids is 2. The van der Waals surface area contributed by atoms with Crippen molar-refractivity contribution in [2.24, 2.45) is 0 Å². The molecule has 0 bridgehead atoms. The first-order chi connectivity index (χ1) is 12.9. The standard InChI is InChI=1S/C21H22F2N2O2/c1-15-12-17(6-7-19(15)23)21(27)25-9-3-8-24(10-11-25)20(26)14-16-4-2-5-18(22)13-16/h2,4-7,12-13H,3,8-11,14H2,1H3. The summed E-state index contributed by atoms with van der Waals surface area (Å²) >= 11 is 0. The van der Waals surface area contributed by atoms with Crippen molar-refractivity contribution in [1.82, 2.24) is 9.80 Å². The molecule has 4 nitrogen and oxygen atoms in total. The molecule has 1 heterocycles. The van der Waals surface area contributed by atoms with Crippen LogP contribution in [-0.2, 0) is 11.2 Å². The Hall–Kier alpha value is -2.76. The van der Waals surface area contributed by atoms with Gasteiger partial charge in [-0.25, -0.2) is 8.78 Å². The molecular weight excluding hydrogens is 350 g/mol. The molecule has 0 saturated carbocycles. The first kappa shape index (κ1) is 19.0. The Bertz CT molecular complexity index is 854. The predicted molar refractivity (Wildman–Crippen MR) is 98.3 cm³/mol. The molecule has 0 atom stereocenters. The predicted octanol–water partition coefficient (Wildman–Crippen LogP) is 3.19. The minimum atomic E-state index is -0.359. The van der Waals surface area contributed by atoms with Crippen LogP contribution in [-0.4, -0.2) is 47.8 Å². The minimum absolute atomic E-state index is 0.0764. The van der Waals surface area contributed by atoms with Crippen molar-refractivity contribution in [3.05, 3.63) is 70.8 Å². The van der Waals surface area contributed by atoms with E-state index in [1.807, 2.05) is 0 Å². The summed E-state index contributed by atoms with van der Waals surface area (Å²) in [5, 5.41) is 0. The summed E-state index contributed by atoms with van der Waals surface area (Å²) in [4.78, 5) is 28.6. The Morgan fingerprint density at radius 2 is 1.70 bits per heavy atom. The second-order valence-electron chi connectivity index (χ2n) is 6.80. The van der Waals surface area contributed by atoms with Gasteiger partial charge in [0.15, 0.2) is 0 Å². The fraction of sp³-hybridized carbons (Fsp3) is 0.333. The molecule has 27 heavy (non-hydrogen) atoms. The summed E-state index contributed by atoms with van der Waals surface area (Å²) in [6.07, 6.45) is 0.809. The molecule has 0 spiro atoms. The first-order valence-electron chi connectivity index (χ1n) is 9.01. The third kappa shape index (κ3) is 4.70. The number of benzene rings is 2. The van der Waals surface area contributed by atoms with Gasteiger partial charge in [0.1, 0.15) is 11.6 Å². The van der Waals surface area contributed by atoms with Gasteiger partial charge in [-0.05, 0) is 54.8 Å². The first-order valence-corrected chi connectivity index (χ1v) is 9.01. The van der Waals surface area contributed by atoms with Crippen molar-refractivity contribution in [1.29, 1.82) is 0 Å². The average molecular weight is 372 g/mol. The van der Waals surface area contributed by atoms with Gasteiger partial charge >= 0.3 is 0 Å². The maximum absolute atomic E-state index is 13.4. The topological polar surface area (TPSA) is 40.6 Å². The number of carbonyl (C=O) groups is 2. The maximum atomic E-state index is 13.4. The van der Waals surface area contributed by atoms with E-state index in [9.17, 15) is 18.4 Å². The second-order valence-corrected chi connectivity index (χ2v) is 6.80. The molecule has 1 aliphatic heterocycles. The van der Waals surface area contributed by atoms with Gasteiger partial charge in [-0.2, -0.15) is 0 Å². The number of hydrogen-bond donors (Lipinski definition) is 0. The molecule has 0 radical (unpaired) electrons. The zero-order chi connectivity index (χ0) is 19.4. The van der Waals surface area contributed by atoms with Gasteiger partial charge in [-0.15, -0.1) is 0 Å². The second kappa shape index (κ2) is 8.29. The van der Waals surface area contributed by atoms with Crippen LogP contribution in [0, 0.1) is 18.6 Å². The van der Waals surface area contributed by atoms with Gasteiger partial charge in [0.05, 0.1) is 6.42 Å². The van der Waals surface area contributed by atoms with Crippen molar-refractivity contribution in [3.63, 3.8) is 0 Å². The van der Waals surface area contributed by atoms with Crippen LogP contribution in [0.15, 0.2) is 42.5 Å². The van der Waals surface area contributed by atoms with Crippen LogP contribution in [0.1, 0.15) is 27.9 Å². The molecule has 6 heteroatoms. The summed E-state index contributed by atoms with van der Waals surface area (Å²) in [6, 6.07) is 10.4. The summed E-state index contributed by atoms with van der Waals surface area (Å²) in [5.41, 5.74) is 1.52. The fourth-order valence-electron chi connectivity index (χ4n) is 3.26. The Morgan fingerprint density at radius 3 is 2.44 bits per heavy atom. The molecule has 3 rings (SSSR count). The molecule has 0 N–H and O–H groups in total. The molecule has 142 valence electrons. The van der Waals surface area contributed by atoms with Gasteiger partial charge in [0.2, 0.25) is 5.91 Å². The molecule has 2 aromatic carbocycles. The maximum Gasteiger partial charge on any atom is 0.253 e. The normalized spacial score (nSPS) is 14.8. The van der Waals surface area contributed by atoms with Gasteiger partial charge in [-0.1, -0.05) is 12.1 Å². The molecule has 2 amide bonds. The lowest BCUT2D eigenvalue weighted by molar-refractivity contribution is -0.130. The lowest BCUT2D eigenvalue weighted by atomic mass is 10.1. The highest BCUT2D eigenvalue weighted by Gasteiger charge is 2.23. The van der Waals surface area contributed by atoms with Crippen LogP contribution in [0.3, 0.4) is 0 Å². The van der Waals surface area contributed by atoms with Crippen molar-refractivity contribution >= 4 is 11.8 Å². The van der Waals surface area contributed by atoms with Gasteiger partial charge in [0, 0.05) is 31.7 Å². The molecule has 1 aliphatic rings. The minimum Gasteiger partial charge on any atom is -0.341 e. The van der Waals surface area contributed by atoms with Crippen LogP contribution in [0.2, 0.25) is 0 Å². The molecule has 0 aromatic heterocycles. The Kier molecular flexibility index (Phi) is 5.84. The number of nitrogens with zero attached hydrogens (tertiary/aromatic N) is 2. The van der Waals surface area contributed by atoms with Crippen LogP contribution in [0.4, 0.5) is 8.78 Å². The van der Waals surface area contributed by atoms with Crippen LogP contribution >= 0.6 is 0 Å². The van der Waals surface area contributed by atoms with E-state index in [0.29, 0.717) is 49.3 Å². The molecule has 1 saturated heterocycles. The third-order valence-electron chi connectivity index (χ3n) is 4.79. The summed E-state index contributed by atoms with van der Waals surface area (Å²) in [7, 11) is 0. The molecule has 2 aromatic rings. The lowest BCUT2D eigenvalue weighted by Gasteiger charge is -2.22. The molecular formula is C21H22F2N2O2. The molecule has 1 fully saturated rings. The number of aryl methyl sites for hydroxylation is 1. The van der Waals surface area contributed by atoms with Crippen molar-refractivity contribution < 1.29 is 18.4 Å². The summed E-state index contributed by atoms with van der Waals surface area (Å²) in [5.74, 6) is -0.927. The zero-order valence-corrected chi connectivity index (χ0v) is 15.3. The van der Waals surface area contributed by atoms with E-state index in [1.54, 1.807) is 34.9 Å². The van der Waals surface area contributed by atoms with E-state index in [-0.39, 0.29) is 29.9 Å². The van der Waals surface area contributed by atoms with E-state index >= 15 is 0 Å². The van der Waals surface area contributed by atoms with Crippen molar-refractivity contribution in [3.8, 4) is 0 Å². The van der Waals surface area contributed by atoms with Gasteiger partial charge in [0.25, 0.3) is 5.91 Å². The van der Waals surface area contributed by atoms with E-state index in [1.165, 1.54) is 24.3 Å². The van der Waals surface area contributed by atoms with E-state index < -0.39 is 0 Å². The highest BCUT2D eigenvalue weighted by molar-refractivity contribution is 5.94. The van der Waals surface area contributed by atoms with E-state index in [0.717, 1.165) is 0 Å². The van der Waals surface area contributed by atoms with Crippen molar-refractivity contribution in [2.75, 3.05) is 26.2 Å². The zero-order valence-electron chi connectivity index (χ0n) is 15.3. The van der Waals surface area contributed by atoms with Gasteiger partial charge < -0.3 is 9.80 Å². The van der Waals surface area contributed by atoms with Crippen molar-refractivity contribution in [2.45, 2.75) is 19.8 Å². The van der Waals surface area contributed by atoms with Crippen LogP contribution in [0.5, 0.6) is 0 Å². The summed E-state index contributed by atoms with van der Waals surface area (Å²) < 4.78 is 26.7. The smallest absolute Gasteiger partial charge is 0.253 e. The third-order valence-corrected chi connectivity index (χ3v) is 4.79. The van der Waals surface area contributed by atoms with Crippen LogP contribution in [0.25, 0.3) is 0 Å². The highest BCUT2D eigenvalue weighted by atomic mass is 19.1. The van der Waals surface area contributed by atoms with Gasteiger partial charge in [-0.3, -0.25) is 9.59 Å². The molecule has 0 unspecified atom stereocenters. The number of amides is 2. The Balaban J connectivity index is 1.62.